The molecule has 1 saturated heterocycles. The van der Waals surface area contributed by atoms with Crippen LogP contribution in [0, 0.1) is 0 Å². The van der Waals surface area contributed by atoms with Gasteiger partial charge in [0, 0.05) is 25.7 Å². The number of furan rings is 1. The molecule has 2 N–H and O–H groups in total. The van der Waals surface area contributed by atoms with E-state index >= 15 is 0 Å². The third kappa shape index (κ3) is 4.24. The molecule has 1 aliphatic rings. The molecule has 0 bridgehead atoms. The molecule has 0 spiro atoms. The molecule has 2 rings (SSSR count). The monoisotopic (exact) mass is 280 g/mol. The summed E-state index contributed by atoms with van der Waals surface area (Å²) in [6.45, 7) is 4.91. The zero-order valence-corrected chi connectivity index (χ0v) is 12.0. The van der Waals surface area contributed by atoms with Crippen LogP contribution in [0.2, 0.25) is 0 Å². The molecular formula is C13H20N4OS. The van der Waals surface area contributed by atoms with Gasteiger partial charge in [-0.2, -0.15) is 5.10 Å². The lowest BCUT2D eigenvalue weighted by Crippen LogP contribution is -2.31. The fourth-order valence-corrected chi connectivity index (χ4v) is 2.25. The molecule has 0 radical (unpaired) electrons. The van der Waals surface area contributed by atoms with E-state index in [1.807, 2.05) is 19.1 Å². The van der Waals surface area contributed by atoms with Crippen LogP contribution in [0.5, 0.6) is 0 Å². The van der Waals surface area contributed by atoms with Crippen LogP contribution in [0.1, 0.15) is 31.9 Å². The highest BCUT2D eigenvalue weighted by Gasteiger charge is 2.13. The van der Waals surface area contributed by atoms with Gasteiger partial charge in [0.1, 0.15) is 5.76 Å². The number of hydrazone groups is 1. The maximum absolute atomic E-state index is 5.74. The van der Waals surface area contributed by atoms with Crippen LogP contribution in [0.3, 0.4) is 0 Å². The van der Waals surface area contributed by atoms with Crippen LogP contribution in [0.25, 0.3) is 0 Å². The molecule has 0 saturated carbocycles. The maximum atomic E-state index is 5.74. The second kappa shape index (κ2) is 7.13. The van der Waals surface area contributed by atoms with E-state index in [1.165, 1.54) is 19.3 Å². The largest absolute Gasteiger partial charge is 0.440 e. The summed E-state index contributed by atoms with van der Waals surface area (Å²) in [6.07, 6.45) is 5.43. The zero-order chi connectivity index (χ0) is 13.5. The molecule has 0 aromatic carbocycles. The molecule has 19 heavy (non-hydrogen) atoms. The average Bonchev–Trinajstić information content (AvgIpc) is 2.89. The van der Waals surface area contributed by atoms with Crippen molar-refractivity contribution in [2.45, 2.75) is 26.2 Å². The molecule has 0 unspecified atom stereocenters. The summed E-state index contributed by atoms with van der Waals surface area (Å²) in [5.74, 6) is 1.66. The van der Waals surface area contributed by atoms with E-state index in [0.717, 1.165) is 31.3 Å². The summed E-state index contributed by atoms with van der Waals surface area (Å²) >= 11 is 5.00. The first kappa shape index (κ1) is 13.9. The van der Waals surface area contributed by atoms with Gasteiger partial charge in [0.15, 0.2) is 11.0 Å². The summed E-state index contributed by atoms with van der Waals surface area (Å²) in [7, 11) is 0. The summed E-state index contributed by atoms with van der Waals surface area (Å²) in [4.78, 5) is 2.28. The van der Waals surface area contributed by atoms with Crippen molar-refractivity contribution in [2.24, 2.45) is 5.10 Å². The molecular weight excluding hydrogens is 260 g/mol. The Morgan fingerprint density at radius 3 is 2.95 bits per heavy atom. The molecule has 1 fully saturated rings. The highest BCUT2D eigenvalue weighted by molar-refractivity contribution is 7.80. The second-order valence-electron chi connectivity index (χ2n) is 4.45. The Balaban J connectivity index is 1.86. The first-order valence-electron chi connectivity index (χ1n) is 6.71. The van der Waals surface area contributed by atoms with Gasteiger partial charge in [0.25, 0.3) is 0 Å². The number of hydrogen-bond donors (Lipinski definition) is 2. The quantitative estimate of drug-likeness (QED) is 0.502. The van der Waals surface area contributed by atoms with Gasteiger partial charge in [0.2, 0.25) is 0 Å². The van der Waals surface area contributed by atoms with Crippen molar-refractivity contribution in [1.82, 2.24) is 10.7 Å². The van der Waals surface area contributed by atoms with E-state index < -0.39 is 0 Å². The van der Waals surface area contributed by atoms with Crippen molar-refractivity contribution in [3.05, 3.63) is 17.9 Å². The van der Waals surface area contributed by atoms with Crippen molar-refractivity contribution in [1.29, 1.82) is 0 Å². The van der Waals surface area contributed by atoms with E-state index in [2.05, 4.69) is 20.7 Å². The number of thiocarbonyl (C=S) groups is 1. The van der Waals surface area contributed by atoms with E-state index in [9.17, 15) is 0 Å². The normalized spacial score (nSPS) is 15.7. The molecule has 1 aromatic rings. The Labute approximate surface area is 119 Å². The topological polar surface area (TPSA) is 52.8 Å². The molecule has 5 nitrogen and oxygen atoms in total. The minimum absolute atomic E-state index is 0.515. The summed E-state index contributed by atoms with van der Waals surface area (Å²) in [5, 5.41) is 7.50. The predicted octanol–water partition coefficient (Wildman–Crippen LogP) is 2.09. The predicted molar refractivity (Wildman–Crippen MR) is 81.8 cm³/mol. The number of hydrogen-bond acceptors (Lipinski definition) is 4. The van der Waals surface area contributed by atoms with E-state index in [0.29, 0.717) is 5.11 Å². The summed E-state index contributed by atoms with van der Waals surface area (Å²) in [6, 6.07) is 3.92. The van der Waals surface area contributed by atoms with Crippen molar-refractivity contribution in [2.75, 3.05) is 24.5 Å². The van der Waals surface area contributed by atoms with Gasteiger partial charge in [-0.3, -0.25) is 5.43 Å². The Morgan fingerprint density at radius 2 is 2.21 bits per heavy atom. The number of nitrogens with one attached hydrogen (secondary N) is 2. The average molecular weight is 280 g/mol. The van der Waals surface area contributed by atoms with Crippen molar-refractivity contribution < 1.29 is 4.42 Å². The van der Waals surface area contributed by atoms with Gasteiger partial charge in [-0.15, -0.1) is 0 Å². The van der Waals surface area contributed by atoms with Crippen molar-refractivity contribution >= 4 is 29.4 Å². The molecule has 0 atom stereocenters. The number of anilines is 1. The highest BCUT2D eigenvalue weighted by Crippen LogP contribution is 2.21. The van der Waals surface area contributed by atoms with Gasteiger partial charge in [-0.25, -0.2) is 0 Å². The molecule has 0 aliphatic carbocycles. The van der Waals surface area contributed by atoms with E-state index in [1.54, 1.807) is 6.21 Å². The summed E-state index contributed by atoms with van der Waals surface area (Å²) in [5.41, 5.74) is 2.74. The van der Waals surface area contributed by atoms with Gasteiger partial charge in [-0.05, 0) is 44.5 Å². The SMILES string of the molecule is CCNC(=S)N/N=C\c1ccc(N2CCCCC2)o1. The Morgan fingerprint density at radius 1 is 1.42 bits per heavy atom. The highest BCUT2D eigenvalue weighted by atomic mass is 32.1. The van der Waals surface area contributed by atoms with Crippen LogP contribution >= 0.6 is 12.2 Å². The number of rotatable bonds is 4. The van der Waals surface area contributed by atoms with Crippen LogP contribution in [0.15, 0.2) is 21.7 Å². The molecule has 1 aliphatic heterocycles. The lowest BCUT2D eigenvalue weighted by Gasteiger charge is -2.25. The minimum atomic E-state index is 0.515. The Bertz CT molecular complexity index is 438. The fourth-order valence-electron chi connectivity index (χ4n) is 2.05. The first-order valence-corrected chi connectivity index (χ1v) is 7.12. The van der Waals surface area contributed by atoms with Crippen LogP contribution in [0.4, 0.5) is 5.88 Å². The Hall–Kier alpha value is -1.56. The molecule has 0 amide bonds. The zero-order valence-electron chi connectivity index (χ0n) is 11.2. The smallest absolute Gasteiger partial charge is 0.196 e. The van der Waals surface area contributed by atoms with Gasteiger partial charge < -0.3 is 14.6 Å². The van der Waals surface area contributed by atoms with Crippen LogP contribution in [-0.4, -0.2) is 31.0 Å². The van der Waals surface area contributed by atoms with Crippen LogP contribution < -0.4 is 15.6 Å². The van der Waals surface area contributed by atoms with E-state index in [-0.39, 0.29) is 0 Å². The van der Waals surface area contributed by atoms with Gasteiger partial charge in [-0.1, -0.05) is 0 Å². The summed E-state index contributed by atoms with van der Waals surface area (Å²) < 4.78 is 5.74. The lowest BCUT2D eigenvalue weighted by molar-refractivity contribution is 0.497. The standard InChI is InChI=1S/C13H20N4OS/c1-2-14-13(19)16-15-10-11-6-7-12(18-11)17-8-4-3-5-9-17/h6-7,10H,2-5,8-9H2,1H3,(H2,14,16,19)/b15-10-. The molecule has 1 aromatic heterocycles. The maximum Gasteiger partial charge on any atom is 0.196 e. The van der Waals surface area contributed by atoms with Gasteiger partial charge in [0.05, 0.1) is 6.21 Å². The number of piperidine rings is 1. The third-order valence-electron chi connectivity index (χ3n) is 2.98. The molecule has 2 heterocycles. The fraction of sp³-hybridized carbons (Fsp3) is 0.538. The minimum Gasteiger partial charge on any atom is -0.440 e. The number of nitrogens with zero attached hydrogens (tertiary/aromatic N) is 2. The molecule has 6 heteroatoms. The first-order chi connectivity index (χ1) is 9.29. The Kier molecular flexibility index (Phi) is 5.20. The van der Waals surface area contributed by atoms with Gasteiger partial charge >= 0.3 is 0 Å². The van der Waals surface area contributed by atoms with Crippen LogP contribution in [-0.2, 0) is 0 Å². The van der Waals surface area contributed by atoms with Crippen molar-refractivity contribution in [3.8, 4) is 0 Å². The second-order valence-corrected chi connectivity index (χ2v) is 4.86. The van der Waals surface area contributed by atoms with E-state index in [4.69, 9.17) is 16.6 Å². The molecule has 104 valence electrons. The lowest BCUT2D eigenvalue weighted by atomic mass is 10.1. The third-order valence-corrected chi connectivity index (χ3v) is 3.21. The van der Waals surface area contributed by atoms with Crippen molar-refractivity contribution in [3.63, 3.8) is 0 Å².